The van der Waals surface area contributed by atoms with Crippen molar-refractivity contribution >= 4 is 27.8 Å². The van der Waals surface area contributed by atoms with E-state index in [1.807, 2.05) is 20.8 Å². The fourth-order valence-corrected chi connectivity index (χ4v) is 5.04. The van der Waals surface area contributed by atoms with Crippen LogP contribution in [0.25, 0.3) is 0 Å². The zero-order valence-electron chi connectivity index (χ0n) is 36.1. The highest BCUT2D eigenvalue weighted by Crippen LogP contribution is 2.28. The van der Waals surface area contributed by atoms with Gasteiger partial charge in [-0.1, -0.05) is 63.8 Å². The number of Topliss-reactive ketones (excluding diaryl/α,β-unsaturated/α-hetero) is 1. The Morgan fingerprint density at radius 3 is 1.29 bits per heavy atom. The first-order valence-electron chi connectivity index (χ1n) is 19.8. The van der Waals surface area contributed by atoms with Gasteiger partial charge < -0.3 is 58.0 Å². The number of aliphatic hydroxyl groups is 3. The Balaban J connectivity index is -0.000000147. The Hall–Kier alpha value is -1.88. The topological polar surface area (TPSA) is 238 Å². The van der Waals surface area contributed by atoms with Crippen molar-refractivity contribution in [2.75, 3.05) is 99.8 Å². The van der Waals surface area contributed by atoms with Gasteiger partial charge in [-0.05, 0) is 32.1 Å². The molecular weight excluding hydrogens is 800 g/mol. The molecule has 4 aliphatic heterocycles. The number of esters is 2. The number of hydrogen-bond donors (Lipinski definition) is 3. The minimum absolute atomic E-state index is 0. The van der Waals surface area contributed by atoms with Crippen LogP contribution in [0.5, 0.6) is 0 Å². The summed E-state index contributed by atoms with van der Waals surface area (Å²) in [7, 11) is -0.731. The highest BCUT2D eigenvalue weighted by atomic mass is 32.2. The lowest BCUT2D eigenvalue weighted by Gasteiger charge is -2.25. The van der Waals surface area contributed by atoms with Crippen LogP contribution >= 0.6 is 0 Å². The standard InChI is InChI=1S/C8H16O5S.C8H14O4.C7H14O3.C6H10O3.C4H8O.C2H6O2.C2H6.3CH4/c1-3-8(11-6-7-12-8)4-5-13-14(2,9)10;1-3-8(6-7(9)10-2)11-4-5-12-8;1-2-7(3-4-8)9-5-6-10-7;1-3-5(7)4-6(8)9-2;1-2-4-5-3-1;3-1-2-4;1-2;;;/h3-7H2,1-2H3;3-6H2,1-2H3;8H,2-6H2,1H3;3-4H2,1-2H3;1-4H2;3-4H,1-2H2;1-2H3;3*1H4/i;;;;;;1D;;;. The molecule has 19 heteroatoms. The third-order valence-electron chi connectivity index (χ3n) is 7.86. The van der Waals surface area contributed by atoms with Gasteiger partial charge in [-0.25, -0.2) is 0 Å². The van der Waals surface area contributed by atoms with Gasteiger partial charge in [0.2, 0.25) is 0 Å². The van der Waals surface area contributed by atoms with Crippen molar-refractivity contribution in [3.05, 3.63) is 0 Å². The van der Waals surface area contributed by atoms with E-state index >= 15 is 0 Å². The van der Waals surface area contributed by atoms with Gasteiger partial charge >= 0.3 is 11.9 Å². The first kappa shape index (κ1) is 66.2. The van der Waals surface area contributed by atoms with Crippen molar-refractivity contribution in [2.24, 2.45) is 0 Å². The number of aliphatic hydroxyl groups excluding tert-OH is 3. The largest absolute Gasteiger partial charge is 0.469 e. The molecular formula is C40H86O18S. The molecule has 0 bridgehead atoms. The lowest BCUT2D eigenvalue weighted by atomic mass is 10.1. The number of ketones is 1. The van der Waals surface area contributed by atoms with Gasteiger partial charge in [0.15, 0.2) is 17.4 Å². The molecule has 0 aromatic carbocycles. The van der Waals surface area contributed by atoms with Crippen LogP contribution in [0.1, 0.15) is 129 Å². The minimum atomic E-state index is -3.36. The lowest BCUT2D eigenvalue weighted by molar-refractivity contribution is -0.182. The average molecular weight is 888 g/mol. The molecule has 0 amide bonds. The van der Waals surface area contributed by atoms with Crippen LogP contribution in [-0.2, 0) is 71.3 Å². The second-order valence-electron chi connectivity index (χ2n) is 11.8. The molecule has 4 heterocycles. The van der Waals surface area contributed by atoms with Gasteiger partial charge in [-0.3, -0.25) is 18.6 Å². The number of carbonyl (C=O) groups is 3. The Kier molecular flexibility index (Phi) is 48.0. The second-order valence-corrected chi connectivity index (χ2v) is 13.4. The maximum absolute atomic E-state index is 10.9. The molecule has 0 saturated carbocycles. The molecule has 0 aromatic heterocycles. The van der Waals surface area contributed by atoms with E-state index in [4.69, 9.17) is 49.8 Å². The van der Waals surface area contributed by atoms with Gasteiger partial charge in [0.05, 0.1) is 86.4 Å². The number of rotatable bonds is 15. The Morgan fingerprint density at radius 2 is 1.02 bits per heavy atom. The van der Waals surface area contributed by atoms with Crippen molar-refractivity contribution in [3.8, 4) is 0 Å². The maximum atomic E-state index is 10.9. The average Bonchev–Trinajstić information content (AvgIpc) is 4.06. The highest BCUT2D eigenvalue weighted by molar-refractivity contribution is 7.85. The summed E-state index contributed by atoms with van der Waals surface area (Å²) in [6.07, 6.45) is 7.28. The molecule has 4 saturated heterocycles. The van der Waals surface area contributed by atoms with Crippen LogP contribution in [0.3, 0.4) is 0 Å². The predicted octanol–water partition coefficient (Wildman–Crippen LogP) is 4.96. The summed E-state index contributed by atoms with van der Waals surface area (Å²) < 4.78 is 78.2. The zero-order valence-corrected chi connectivity index (χ0v) is 36.0. The van der Waals surface area contributed by atoms with E-state index in [1.54, 1.807) is 13.8 Å². The predicted molar refractivity (Wildman–Crippen MR) is 226 cm³/mol. The first-order chi connectivity index (χ1) is 27.1. The molecule has 18 nitrogen and oxygen atoms in total. The smallest absolute Gasteiger partial charge is 0.313 e. The fourth-order valence-electron chi connectivity index (χ4n) is 4.65. The van der Waals surface area contributed by atoms with Crippen molar-refractivity contribution in [1.82, 2.24) is 0 Å². The van der Waals surface area contributed by atoms with Crippen LogP contribution in [0.15, 0.2) is 0 Å². The van der Waals surface area contributed by atoms with E-state index in [2.05, 4.69) is 13.7 Å². The second kappa shape index (κ2) is 42.8. The van der Waals surface area contributed by atoms with Gasteiger partial charge in [-0.15, -0.1) is 0 Å². The SMILES string of the molecule is C.C.C.C1CCOC1.CCC(=O)CC(=O)OC.CCC1(CC(=O)OC)OCCO1.CCC1(CCO)OCCO1.CCC1(CCOS(C)(=O)=O)OCCO1.OCCO.[2H]CC. The quantitative estimate of drug-likeness (QED) is 0.112. The highest BCUT2D eigenvalue weighted by Gasteiger charge is 2.37. The van der Waals surface area contributed by atoms with Crippen LogP contribution in [-0.4, -0.2) is 159 Å². The van der Waals surface area contributed by atoms with Gasteiger partial charge in [-0.2, -0.15) is 8.42 Å². The molecule has 0 aromatic rings. The van der Waals surface area contributed by atoms with Gasteiger partial charge in [0.1, 0.15) is 12.2 Å². The van der Waals surface area contributed by atoms with Gasteiger partial charge in [0.25, 0.3) is 10.1 Å². The van der Waals surface area contributed by atoms with E-state index in [0.717, 1.165) is 25.9 Å². The summed E-state index contributed by atoms with van der Waals surface area (Å²) in [6.45, 7) is 15.4. The molecule has 0 unspecified atom stereocenters. The van der Waals surface area contributed by atoms with Crippen molar-refractivity contribution in [3.63, 3.8) is 0 Å². The van der Waals surface area contributed by atoms with E-state index in [9.17, 15) is 22.8 Å². The van der Waals surface area contributed by atoms with E-state index < -0.39 is 33.4 Å². The summed E-state index contributed by atoms with van der Waals surface area (Å²) >= 11 is 0. The zero-order chi connectivity index (χ0) is 44.1. The maximum Gasteiger partial charge on any atom is 0.313 e. The number of hydrogen-bond acceptors (Lipinski definition) is 18. The van der Waals surface area contributed by atoms with Crippen molar-refractivity contribution in [2.45, 2.75) is 145 Å². The monoisotopic (exact) mass is 888 g/mol. The Morgan fingerprint density at radius 1 is 0.644 bits per heavy atom. The van der Waals surface area contributed by atoms with Crippen LogP contribution in [0.4, 0.5) is 0 Å². The summed E-state index contributed by atoms with van der Waals surface area (Å²) in [6, 6.07) is 0. The summed E-state index contributed by atoms with van der Waals surface area (Å²) in [4.78, 5) is 31.8. The lowest BCUT2D eigenvalue weighted by Crippen LogP contribution is -2.32. The first-order valence-corrected chi connectivity index (χ1v) is 20.9. The summed E-state index contributed by atoms with van der Waals surface area (Å²) in [5, 5.41) is 23.9. The van der Waals surface area contributed by atoms with Crippen LogP contribution < -0.4 is 0 Å². The summed E-state index contributed by atoms with van der Waals surface area (Å²) in [5.74, 6) is -2.64. The third-order valence-corrected chi connectivity index (χ3v) is 8.46. The molecule has 4 aliphatic rings. The molecule has 0 spiro atoms. The van der Waals surface area contributed by atoms with Crippen LogP contribution in [0.2, 0.25) is 0 Å². The molecule has 59 heavy (non-hydrogen) atoms. The van der Waals surface area contributed by atoms with Crippen LogP contribution in [0, 0.1) is 0 Å². The molecule has 3 N–H and O–H groups in total. The molecule has 360 valence electrons. The number of methoxy groups -OCH3 is 2. The molecule has 0 radical (unpaired) electrons. The molecule has 0 atom stereocenters. The van der Waals surface area contributed by atoms with E-state index in [-0.39, 0.29) is 73.3 Å². The molecule has 4 fully saturated rings. The van der Waals surface area contributed by atoms with Crippen molar-refractivity contribution in [1.29, 1.82) is 0 Å². The molecule has 4 rings (SSSR count). The Labute approximate surface area is 358 Å². The Bertz CT molecular complexity index is 1050. The molecule has 0 aliphatic carbocycles. The van der Waals surface area contributed by atoms with Gasteiger partial charge in [0, 0.05) is 40.5 Å². The number of carbonyl (C=O) groups excluding carboxylic acids is 3. The normalized spacial score (nSPS) is 17.4. The number of ether oxygens (including phenoxy) is 9. The van der Waals surface area contributed by atoms with E-state index in [0.29, 0.717) is 78.6 Å². The van der Waals surface area contributed by atoms with Crippen molar-refractivity contribution < 1.29 is 86.3 Å². The van der Waals surface area contributed by atoms with E-state index in [1.165, 1.54) is 27.1 Å². The summed E-state index contributed by atoms with van der Waals surface area (Å²) in [5.41, 5.74) is 0. The fraction of sp³-hybridized carbons (Fsp3) is 0.925. The minimum Gasteiger partial charge on any atom is -0.469 e. The third kappa shape index (κ3) is 36.5.